The number of carbonyl (C=O) groups excluding carboxylic acids is 1. The second-order valence-corrected chi connectivity index (χ2v) is 5.99. The average Bonchev–Trinajstić information content (AvgIpc) is 3.15. The molecule has 0 unspecified atom stereocenters. The van der Waals surface area contributed by atoms with E-state index in [0.29, 0.717) is 22.4 Å². The molecule has 2 aromatic rings. The van der Waals surface area contributed by atoms with Crippen LogP contribution in [0.5, 0.6) is 17.2 Å². The fraction of sp³-hybridized carbons (Fsp3) is 0.333. The molecular formula is C18H19ClN2O4. The quantitative estimate of drug-likeness (QED) is 0.441. The van der Waals surface area contributed by atoms with E-state index in [2.05, 4.69) is 12.0 Å². The highest BCUT2D eigenvalue weighted by atomic mass is 35.5. The van der Waals surface area contributed by atoms with Crippen LogP contribution in [0.1, 0.15) is 31.0 Å². The van der Waals surface area contributed by atoms with Crippen LogP contribution >= 0.6 is 11.6 Å². The maximum absolute atomic E-state index is 12.0. The summed E-state index contributed by atoms with van der Waals surface area (Å²) in [4.78, 5) is 12.0. The zero-order valence-corrected chi connectivity index (χ0v) is 14.9. The molecule has 25 heavy (non-hydrogen) atoms. The van der Waals surface area contributed by atoms with Crippen LogP contribution < -0.4 is 14.2 Å². The van der Waals surface area contributed by atoms with Crippen LogP contribution in [0.15, 0.2) is 24.3 Å². The topological polar surface area (TPSA) is 62.6 Å². The number of ether oxygens (including phenoxy) is 3. The van der Waals surface area contributed by atoms with E-state index in [4.69, 9.17) is 25.8 Å². The molecular weight excluding hydrogens is 344 g/mol. The van der Waals surface area contributed by atoms with E-state index in [-0.39, 0.29) is 6.79 Å². The molecule has 0 saturated carbocycles. The summed E-state index contributed by atoms with van der Waals surface area (Å²) in [6.07, 6.45) is 5.02. The molecule has 6 nitrogen and oxygen atoms in total. The van der Waals surface area contributed by atoms with E-state index >= 15 is 0 Å². The molecule has 1 aromatic carbocycles. The van der Waals surface area contributed by atoms with Crippen molar-refractivity contribution in [3.63, 3.8) is 0 Å². The molecule has 0 saturated heterocycles. The van der Waals surface area contributed by atoms with Crippen molar-refractivity contribution >= 4 is 23.6 Å². The summed E-state index contributed by atoms with van der Waals surface area (Å²) in [5, 5.41) is 4.93. The minimum atomic E-state index is -0.504. The highest BCUT2D eigenvalue weighted by molar-refractivity contribution is 6.31. The maximum atomic E-state index is 12.0. The van der Waals surface area contributed by atoms with Gasteiger partial charge in [0.05, 0.1) is 5.69 Å². The van der Waals surface area contributed by atoms with E-state index in [1.54, 1.807) is 29.0 Å². The largest absolute Gasteiger partial charge is 0.454 e. The van der Waals surface area contributed by atoms with Crippen LogP contribution in [0.2, 0.25) is 5.15 Å². The summed E-state index contributed by atoms with van der Waals surface area (Å²) in [7, 11) is 0. The van der Waals surface area contributed by atoms with Gasteiger partial charge >= 0.3 is 5.97 Å². The third-order valence-corrected chi connectivity index (χ3v) is 4.18. The lowest BCUT2D eigenvalue weighted by molar-refractivity contribution is -0.128. The van der Waals surface area contributed by atoms with Crippen molar-refractivity contribution in [2.24, 2.45) is 0 Å². The second-order valence-electron chi connectivity index (χ2n) is 5.64. The van der Waals surface area contributed by atoms with Crippen LogP contribution in [0, 0.1) is 6.92 Å². The first-order valence-electron chi connectivity index (χ1n) is 8.11. The normalized spacial score (nSPS) is 12.8. The number of hydrogen-bond donors (Lipinski definition) is 0. The molecule has 0 N–H and O–H groups in total. The molecule has 0 atom stereocenters. The average molecular weight is 363 g/mol. The smallest absolute Gasteiger partial charge is 0.336 e. The lowest BCUT2D eigenvalue weighted by atomic mass is 10.2. The standard InChI is InChI=1S/C18H19ClN2O4/c1-3-4-9-21-18(19)14(12(2)20-21)6-8-17(22)25-13-5-7-15-16(10-13)24-11-23-15/h5-8,10H,3-4,9,11H2,1-2H3/b8-6+. The van der Waals surface area contributed by atoms with Crippen LogP contribution in [0.3, 0.4) is 0 Å². The minimum Gasteiger partial charge on any atom is -0.454 e. The van der Waals surface area contributed by atoms with Crippen molar-refractivity contribution in [2.75, 3.05) is 6.79 Å². The lowest BCUT2D eigenvalue weighted by Gasteiger charge is -2.02. The van der Waals surface area contributed by atoms with Gasteiger partial charge in [-0.15, -0.1) is 0 Å². The molecule has 132 valence electrons. The third-order valence-electron chi connectivity index (χ3n) is 3.78. The number of fused-ring (bicyclic) bond motifs is 1. The molecule has 2 heterocycles. The number of aryl methyl sites for hydroxylation is 2. The Morgan fingerprint density at radius 3 is 3.00 bits per heavy atom. The second kappa shape index (κ2) is 7.61. The van der Waals surface area contributed by atoms with Gasteiger partial charge in [-0.1, -0.05) is 24.9 Å². The van der Waals surface area contributed by atoms with E-state index in [1.807, 2.05) is 6.92 Å². The van der Waals surface area contributed by atoms with Gasteiger partial charge < -0.3 is 14.2 Å². The van der Waals surface area contributed by atoms with Crippen LogP contribution in [0.4, 0.5) is 0 Å². The number of halogens is 1. The first-order valence-corrected chi connectivity index (χ1v) is 8.48. The summed E-state index contributed by atoms with van der Waals surface area (Å²) in [6.45, 7) is 4.90. The van der Waals surface area contributed by atoms with Gasteiger partial charge in [-0.2, -0.15) is 5.10 Å². The lowest BCUT2D eigenvalue weighted by Crippen LogP contribution is -2.03. The molecule has 1 aliphatic heterocycles. The summed E-state index contributed by atoms with van der Waals surface area (Å²) in [5.74, 6) is 1.08. The van der Waals surface area contributed by atoms with Gasteiger partial charge in [-0.25, -0.2) is 4.79 Å². The zero-order chi connectivity index (χ0) is 17.8. The molecule has 0 fully saturated rings. The van der Waals surface area contributed by atoms with E-state index in [1.165, 1.54) is 6.08 Å². The summed E-state index contributed by atoms with van der Waals surface area (Å²) in [5.41, 5.74) is 1.49. The van der Waals surface area contributed by atoms with Crippen molar-refractivity contribution in [1.82, 2.24) is 9.78 Å². The Balaban J connectivity index is 1.67. The van der Waals surface area contributed by atoms with Crippen LogP contribution in [-0.2, 0) is 11.3 Å². The molecule has 0 aliphatic carbocycles. The van der Waals surface area contributed by atoms with Crippen molar-refractivity contribution in [2.45, 2.75) is 33.2 Å². The van der Waals surface area contributed by atoms with Crippen molar-refractivity contribution in [3.05, 3.63) is 40.7 Å². The Morgan fingerprint density at radius 2 is 2.20 bits per heavy atom. The first kappa shape index (κ1) is 17.4. The van der Waals surface area contributed by atoms with E-state index in [0.717, 1.165) is 30.6 Å². The molecule has 3 rings (SSSR count). The van der Waals surface area contributed by atoms with Gasteiger partial charge in [0.25, 0.3) is 0 Å². The summed E-state index contributed by atoms with van der Waals surface area (Å²) < 4.78 is 17.5. The Labute approximate surface area is 150 Å². The third kappa shape index (κ3) is 3.96. The fourth-order valence-corrected chi connectivity index (χ4v) is 2.78. The van der Waals surface area contributed by atoms with Crippen LogP contribution in [-0.4, -0.2) is 22.5 Å². The Hall–Kier alpha value is -2.47. The molecule has 1 aliphatic rings. The van der Waals surface area contributed by atoms with Crippen molar-refractivity contribution in [1.29, 1.82) is 0 Å². The van der Waals surface area contributed by atoms with Gasteiger partial charge in [0.2, 0.25) is 6.79 Å². The SMILES string of the molecule is CCCCn1nc(C)c(/C=C/C(=O)Oc2ccc3c(c2)OCO3)c1Cl. The van der Waals surface area contributed by atoms with Crippen molar-refractivity contribution in [3.8, 4) is 17.2 Å². The fourth-order valence-electron chi connectivity index (χ4n) is 2.45. The molecule has 1 aromatic heterocycles. The Bertz CT molecular complexity index is 814. The first-order chi connectivity index (χ1) is 12.1. The van der Waals surface area contributed by atoms with E-state index in [9.17, 15) is 4.79 Å². The number of carbonyl (C=O) groups is 1. The number of nitrogens with zero attached hydrogens (tertiary/aromatic N) is 2. The molecule has 0 spiro atoms. The highest BCUT2D eigenvalue weighted by Crippen LogP contribution is 2.35. The zero-order valence-electron chi connectivity index (χ0n) is 14.1. The van der Waals surface area contributed by atoms with Gasteiger partial charge in [0, 0.05) is 24.3 Å². The number of benzene rings is 1. The van der Waals surface area contributed by atoms with Gasteiger partial charge in [-0.3, -0.25) is 4.68 Å². The maximum Gasteiger partial charge on any atom is 0.336 e. The van der Waals surface area contributed by atoms with Crippen molar-refractivity contribution < 1.29 is 19.0 Å². The van der Waals surface area contributed by atoms with E-state index < -0.39 is 5.97 Å². The van der Waals surface area contributed by atoms with Gasteiger partial charge in [0.15, 0.2) is 11.5 Å². The Morgan fingerprint density at radius 1 is 1.40 bits per heavy atom. The predicted octanol–water partition coefficient (Wildman–Crippen LogP) is 3.99. The predicted molar refractivity (Wildman–Crippen MR) is 94.1 cm³/mol. The Kier molecular flexibility index (Phi) is 5.28. The van der Waals surface area contributed by atoms with Gasteiger partial charge in [-0.05, 0) is 31.6 Å². The number of esters is 1. The molecule has 0 radical (unpaired) electrons. The monoisotopic (exact) mass is 362 g/mol. The summed E-state index contributed by atoms with van der Waals surface area (Å²) in [6, 6.07) is 4.97. The molecule has 7 heteroatoms. The van der Waals surface area contributed by atoms with Gasteiger partial charge in [0.1, 0.15) is 10.9 Å². The number of hydrogen-bond acceptors (Lipinski definition) is 5. The highest BCUT2D eigenvalue weighted by Gasteiger charge is 2.15. The molecule has 0 amide bonds. The number of unbranched alkanes of at least 4 members (excludes halogenated alkanes) is 1. The number of aromatic nitrogens is 2. The van der Waals surface area contributed by atoms with Crippen LogP contribution in [0.25, 0.3) is 6.08 Å². The minimum absolute atomic E-state index is 0.173. The molecule has 0 bridgehead atoms. The number of rotatable bonds is 6. The summed E-state index contributed by atoms with van der Waals surface area (Å²) >= 11 is 6.34.